The van der Waals surface area contributed by atoms with E-state index in [-0.39, 0.29) is 29.6 Å². The van der Waals surface area contributed by atoms with Gasteiger partial charge in [-0.1, -0.05) is 30.3 Å². The number of amides is 1. The molecule has 2 aromatic carbocycles. The highest BCUT2D eigenvalue weighted by Crippen LogP contribution is 2.19. The summed E-state index contributed by atoms with van der Waals surface area (Å²) in [5, 5.41) is 1.80. The Morgan fingerprint density at radius 1 is 1.08 bits per heavy atom. The van der Waals surface area contributed by atoms with Crippen LogP contribution in [0.25, 0.3) is 10.8 Å². The molecule has 1 fully saturated rings. The van der Waals surface area contributed by atoms with Crippen molar-refractivity contribution in [2.24, 2.45) is 5.73 Å². The second-order valence-electron chi connectivity index (χ2n) is 6.38. The maximum absolute atomic E-state index is 12.5. The Hall–Kier alpha value is -1.67. The van der Waals surface area contributed by atoms with Crippen LogP contribution in [0.3, 0.4) is 0 Å². The van der Waals surface area contributed by atoms with Gasteiger partial charge in [-0.25, -0.2) is 8.42 Å². The highest BCUT2D eigenvalue weighted by atomic mass is 35.5. The lowest BCUT2D eigenvalue weighted by atomic mass is 10.1. The van der Waals surface area contributed by atoms with Crippen molar-refractivity contribution in [3.05, 3.63) is 42.5 Å². The number of likely N-dealkylation sites (tertiary alicyclic amines) is 1. The van der Waals surface area contributed by atoms with Crippen LogP contribution in [0.1, 0.15) is 25.7 Å². The first-order chi connectivity index (χ1) is 12.0. The normalized spacial score (nSPS) is 16.1. The largest absolute Gasteiger partial charge is 0.343 e. The number of hydrogen-bond acceptors (Lipinski definition) is 4. The summed E-state index contributed by atoms with van der Waals surface area (Å²) in [6, 6.07) is 12.4. The third kappa shape index (κ3) is 4.94. The number of hydrogen-bond donors (Lipinski definition) is 2. The van der Waals surface area contributed by atoms with Crippen LogP contribution in [0, 0.1) is 0 Å². The van der Waals surface area contributed by atoms with Crippen LogP contribution < -0.4 is 10.5 Å². The summed E-state index contributed by atoms with van der Waals surface area (Å²) in [5.41, 5.74) is 5.88. The summed E-state index contributed by atoms with van der Waals surface area (Å²) in [5.74, 6) is -0.103. The Bertz CT molecular complexity index is 867. The molecule has 142 valence electrons. The predicted octanol–water partition coefficient (Wildman–Crippen LogP) is 2.23. The van der Waals surface area contributed by atoms with Gasteiger partial charge in [-0.05, 0) is 42.2 Å². The number of nitrogens with one attached hydrogen (secondary N) is 1. The second-order valence-corrected chi connectivity index (χ2v) is 8.10. The summed E-state index contributed by atoms with van der Waals surface area (Å²) in [6.45, 7) is 1.45. The molecular weight excluding hydrogens is 374 g/mol. The minimum atomic E-state index is -3.77. The quantitative estimate of drug-likeness (QED) is 0.756. The Kier molecular flexibility index (Phi) is 7.00. The summed E-state index contributed by atoms with van der Waals surface area (Å²) in [4.78, 5) is 14.1. The molecular formula is C18H24ClN3O3S. The molecule has 0 bridgehead atoms. The predicted molar refractivity (Wildman–Crippen MR) is 105 cm³/mol. The van der Waals surface area contributed by atoms with E-state index in [9.17, 15) is 13.2 Å². The molecule has 26 heavy (non-hydrogen) atoms. The summed E-state index contributed by atoms with van der Waals surface area (Å²) in [7, 11) is -3.77. The van der Waals surface area contributed by atoms with Crippen LogP contribution in [0.5, 0.6) is 0 Å². The topological polar surface area (TPSA) is 92.5 Å². The summed E-state index contributed by atoms with van der Waals surface area (Å²) in [6.07, 6.45) is 2.14. The first-order valence-corrected chi connectivity index (χ1v) is 9.98. The highest BCUT2D eigenvalue weighted by molar-refractivity contribution is 7.89. The van der Waals surface area contributed by atoms with Gasteiger partial charge >= 0.3 is 0 Å². The van der Waals surface area contributed by atoms with Gasteiger partial charge in [-0.3, -0.25) is 4.79 Å². The van der Waals surface area contributed by atoms with Crippen molar-refractivity contribution in [2.75, 3.05) is 13.1 Å². The Morgan fingerprint density at radius 3 is 2.42 bits per heavy atom. The molecule has 1 amide bonds. The number of carbonyl (C=O) groups excluding carboxylic acids is 1. The lowest BCUT2D eigenvalue weighted by molar-refractivity contribution is -0.132. The molecule has 1 heterocycles. The van der Waals surface area contributed by atoms with Crippen molar-refractivity contribution in [3.63, 3.8) is 0 Å². The maximum Gasteiger partial charge on any atom is 0.241 e. The van der Waals surface area contributed by atoms with Crippen molar-refractivity contribution in [3.8, 4) is 0 Å². The Balaban J connectivity index is 0.00000243. The van der Waals surface area contributed by atoms with Crippen LogP contribution in [0.4, 0.5) is 0 Å². The molecule has 2 aromatic rings. The highest BCUT2D eigenvalue weighted by Gasteiger charge is 2.23. The Morgan fingerprint density at radius 2 is 1.73 bits per heavy atom. The van der Waals surface area contributed by atoms with E-state index >= 15 is 0 Å². The van der Waals surface area contributed by atoms with Crippen LogP contribution in [-0.4, -0.2) is 38.5 Å². The van der Waals surface area contributed by atoms with Gasteiger partial charge in [0.05, 0.1) is 17.5 Å². The van der Waals surface area contributed by atoms with Crippen LogP contribution in [-0.2, 0) is 14.8 Å². The zero-order valence-electron chi connectivity index (χ0n) is 14.4. The fraction of sp³-hybridized carbons (Fsp3) is 0.389. The van der Waals surface area contributed by atoms with Gasteiger partial charge in [-0.15, -0.1) is 12.4 Å². The molecule has 8 heteroatoms. The third-order valence-electron chi connectivity index (χ3n) is 4.44. The number of rotatable bonds is 5. The van der Waals surface area contributed by atoms with E-state index in [0.717, 1.165) is 43.1 Å². The molecule has 1 unspecified atom stereocenters. The van der Waals surface area contributed by atoms with Gasteiger partial charge in [0.15, 0.2) is 0 Å². The zero-order chi connectivity index (χ0) is 17.9. The van der Waals surface area contributed by atoms with E-state index in [2.05, 4.69) is 4.72 Å². The molecule has 6 nitrogen and oxygen atoms in total. The van der Waals surface area contributed by atoms with Crippen LogP contribution in [0.15, 0.2) is 47.4 Å². The smallest absolute Gasteiger partial charge is 0.241 e. The average molecular weight is 398 g/mol. The number of benzene rings is 2. The van der Waals surface area contributed by atoms with Gasteiger partial charge in [0.2, 0.25) is 15.9 Å². The molecule has 3 N–H and O–H groups in total. The van der Waals surface area contributed by atoms with Gasteiger partial charge in [-0.2, -0.15) is 4.72 Å². The number of sulfonamides is 1. The van der Waals surface area contributed by atoms with E-state index in [1.54, 1.807) is 23.1 Å². The molecule has 0 aromatic heterocycles. The molecule has 1 atom stereocenters. The number of carbonyl (C=O) groups is 1. The standard InChI is InChI=1S/C18H23N3O3S.ClH/c19-17(13-18(22)21-10-4-1-5-11-21)20-25(23,24)16-9-8-14-6-2-3-7-15(14)12-16;/h2-3,6-9,12,17,20H,1,4-5,10-11,13,19H2;1H. The lowest BCUT2D eigenvalue weighted by Crippen LogP contribution is -2.46. The lowest BCUT2D eigenvalue weighted by Gasteiger charge is -2.27. The molecule has 1 aliphatic rings. The number of halogens is 1. The molecule has 0 spiro atoms. The summed E-state index contributed by atoms with van der Waals surface area (Å²) < 4.78 is 27.5. The fourth-order valence-electron chi connectivity index (χ4n) is 3.10. The van der Waals surface area contributed by atoms with E-state index in [1.165, 1.54) is 0 Å². The maximum atomic E-state index is 12.5. The van der Waals surface area contributed by atoms with Crippen molar-refractivity contribution < 1.29 is 13.2 Å². The SMILES string of the molecule is Cl.NC(CC(=O)N1CCCCC1)NS(=O)(=O)c1ccc2ccccc2c1. The number of nitrogens with zero attached hydrogens (tertiary/aromatic N) is 1. The van der Waals surface area contributed by atoms with Crippen molar-refractivity contribution in [2.45, 2.75) is 36.7 Å². The Labute approximate surface area is 160 Å². The number of nitrogens with two attached hydrogens (primary N) is 1. The van der Waals surface area contributed by atoms with Crippen molar-refractivity contribution in [1.82, 2.24) is 9.62 Å². The monoisotopic (exact) mass is 397 g/mol. The van der Waals surface area contributed by atoms with E-state index < -0.39 is 16.2 Å². The van der Waals surface area contributed by atoms with Gasteiger partial charge in [0.1, 0.15) is 0 Å². The minimum Gasteiger partial charge on any atom is -0.343 e. The number of fused-ring (bicyclic) bond motifs is 1. The molecule has 1 saturated heterocycles. The summed E-state index contributed by atoms with van der Waals surface area (Å²) >= 11 is 0. The fourth-order valence-corrected chi connectivity index (χ4v) is 4.25. The first kappa shape index (κ1) is 20.6. The third-order valence-corrected chi connectivity index (χ3v) is 5.93. The molecule has 3 rings (SSSR count). The molecule has 0 aliphatic carbocycles. The molecule has 0 radical (unpaired) electrons. The van der Waals surface area contributed by atoms with E-state index in [4.69, 9.17) is 5.73 Å². The van der Waals surface area contributed by atoms with Crippen molar-refractivity contribution in [1.29, 1.82) is 0 Å². The van der Waals surface area contributed by atoms with Gasteiger partial charge in [0, 0.05) is 13.1 Å². The van der Waals surface area contributed by atoms with E-state index in [0.29, 0.717) is 0 Å². The van der Waals surface area contributed by atoms with Crippen LogP contribution in [0.2, 0.25) is 0 Å². The van der Waals surface area contributed by atoms with Crippen molar-refractivity contribution >= 4 is 39.1 Å². The van der Waals surface area contributed by atoms with E-state index in [1.807, 2.05) is 24.3 Å². The number of piperidine rings is 1. The second kappa shape index (κ2) is 8.81. The van der Waals surface area contributed by atoms with Gasteiger partial charge in [0.25, 0.3) is 0 Å². The van der Waals surface area contributed by atoms with Crippen LogP contribution >= 0.6 is 12.4 Å². The molecule has 0 saturated carbocycles. The average Bonchev–Trinajstić information content (AvgIpc) is 2.61. The first-order valence-electron chi connectivity index (χ1n) is 8.50. The molecule has 1 aliphatic heterocycles. The minimum absolute atomic E-state index is 0. The zero-order valence-corrected chi connectivity index (χ0v) is 16.1. The van der Waals surface area contributed by atoms with Gasteiger partial charge < -0.3 is 10.6 Å².